The number of rotatable bonds is 5. The second kappa shape index (κ2) is 7.54. The van der Waals surface area contributed by atoms with Crippen molar-refractivity contribution in [1.29, 1.82) is 0 Å². The molecule has 1 amide bonds. The molecule has 0 radical (unpaired) electrons. The Balaban J connectivity index is 1.50. The smallest absolute Gasteiger partial charge is 0.266 e. The van der Waals surface area contributed by atoms with Gasteiger partial charge in [0, 0.05) is 10.9 Å². The fourth-order valence-electron chi connectivity index (χ4n) is 2.75. The van der Waals surface area contributed by atoms with Crippen molar-refractivity contribution >= 4 is 40.4 Å². The summed E-state index contributed by atoms with van der Waals surface area (Å²) in [5, 5.41) is 7.58. The van der Waals surface area contributed by atoms with Crippen molar-refractivity contribution in [2.24, 2.45) is 5.10 Å². The molecule has 27 heavy (non-hydrogen) atoms. The van der Waals surface area contributed by atoms with E-state index in [-0.39, 0.29) is 11.2 Å². The second-order valence-electron chi connectivity index (χ2n) is 5.95. The Labute approximate surface area is 165 Å². The lowest BCUT2D eigenvalue weighted by Gasteiger charge is -2.13. The van der Waals surface area contributed by atoms with E-state index in [9.17, 15) is 4.79 Å². The van der Waals surface area contributed by atoms with Crippen LogP contribution in [0.1, 0.15) is 6.92 Å². The third-order valence-electron chi connectivity index (χ3n) is 4.16. The lowest BCUT2D eigenvalue weighted by molar-refractivity contribution is -0.116. The van der Waals surface area contributed by atoms with Crippen molar-refractivity contribution in [3.8, 4) is 17.0 Å². The maximum absolute atomic E-state index is 12.8. The highest BCUT2D eigenvalue weighted by molar-refractivity contribution is 8.03. The summed E-state index contributed by atoms with van der Waals surface area (Å²) in [6.45, 7) is 1.89. The van der Waals surface area contributed by atoms with Gasteiger partial charge < -0.3 is 4.74 Å². The van der Waals surface area contributed by atoms with E-state index >= 15 is 0 Å². The molecule has 5 nitrogen and oxygen atoms in total. The van der Waals surface area contributed by atoms with Gasteiger partial charge >= 0.3 is 0 Å². The molecule has 2 heterocycles. The molecule has 0 saturated carbocycles. The molecule has 0 spiro atoms. The standard InChI is InChI=1S/C20H17N3O2S2/c1-13-18(19(24)23(22-13)15-6-4-3-5-7-15)27-20-21-17(12-26-20)14-8-10-16(25-2)11-9-14/h3-12,18H,1-2H3. The van der Waals surface area contributed by atoms with Gasteiger partial charge in [-0.2, -0.15) is 10.1 Å². The van der Waals surface area contributed by atoms with Crippen molar-refractivity contribution in [2.75, 3.05) is 12.1 Å². The summed E-state index contributed by atoms with van der Waals surface area (Å²) in [4.78, 5) is 17.5. The minimum atomic E-state index is -0.347. The van der Waals surface area contributed by atoms with Gasteiger partial charge in [0.2, 0.25) is 0 Å². The van der Waals surface area contributed by atoms with Gasteiger partial charge in [0.25, 0.3) is 5.91 Å². The molecular formula is C20H17N3O2S2. The summed E-state index contributed by atoms with van der Waals surface area (Å²) in [5.74, 6) is 0.776. The fraction of sp³-hybridized carbons (Fsp3) is 0.150. The molecule has 1 unspecified atom stereocenters. The van der Waals surface area contributed by atoms with Crippen LogP contribution in [0.15, 0.2) is 69.4 Å². The average Bonchev–Trinajstić information content (AvgIpc) is 3.29. The van der Waals surface area contributed by atoms with E-state index in [0.29, 0.717) is 0 Å². The monoisotopic (exact) mass is 395 g/mol. The molecule has 7 heteroatoms. The summed E-state index contributed by atoms with van der Waals surface area (Å²) < 4.78 is 6.04. The molecule has 136 valence electrons. The third-order valence-corrected chi connectivity index (χ3v) is 6.44. The molecule has 1 atom stereocenters. The number of carbonyl (C=O) groups excluding carboxylic acids is 1. The van der Waals surface area contributed by atoms with Crippen LogP contribution in [0.2, 0.25) is 0 Å². The van der Waals surface area contributed by atoms with E-state index in [0.717, 1.165) is 32.7 Å². The number of thiazole rings is 1. The van der Waals surface area contributed by atoms with Crippen molar-refractivity contribution in [3.63, 3.8) is 0 Å². The highest BCUT2D eigenvalue weighted by atomic mass is 32.2. The highest BCUT2D eigenvalue weighted by Crippen LogP contribution is 2.35. The topological polar surface area (TPSA) is 54.8 Å². The first kappa shape index (κ1) is 17.8. The Bertz CT molecular complexity index is 984. The van der Waals surface area contributed by atoms with Crippen molar-refractivity contribution in [1.82, 2.24) is 4.98 Å². The fourth-order valence-corrected chi connectivity index (χ4v) is 4.72. The summed E-state index contributed by atoms with van der Waals surface area (Å²) in [5.41, 5.74) is 3.48. The van der Waals surface area contributed by atoms with Crippen LogP contribution < -0.4 is 9.75 Å². The zero-order chi connectivity index (χ0) is 18.8. The minimum Gasteiger partial charge on any atom is -0.497 e. The Morgan fingerprint density at radius 2 is 1.85 bits per heavy atom. The molecule has 2 aromatic carbocycles. The first-order valence-electron chi connectivity index (χ1n) is 8.36. The second-order valence-corrected chi connectivity index (χ2v) is 8.16. The Hall–Kier alpha value is -2.64. The van der Waals surface area contributed by atoms with E-state index in [4.69, 9.17) is 4.74 Å². The summed E-state index contributed by atoms with van der Waals surface area (Å²) in [7, 11) is 1.65. The molecule has 0 saturated heterocycles. The van der Waals surface area contributed by atoms with Gasteiger partial charge in [-0.1, -0.05) is 30.0 Å². The number of hydrogen-bond donors (Lipinski definition) is 0. The molecule has 1 aliphatic rings. The number of thioether (sulfide) groups is 1. The molecule has 0 fully saturated rings. The average molecular weight is 396 g/mol. The van der Waals surface area contributed by atoms with E-state index in [2.05, 4.69) is 10.1 Å². The van der Waals surface area contributed by atoms with Gasteiger partial charge in [-0.15, -0.1) is 11.3 Å². The number of amides is 1. The molecule has 0 bridgehead atoms. The predicted octanol–water partition coefficient (Wildman–Crippen LogP) is 4.70. The Morgan fingerprint density at radius 1 is 1.11 bits per heavy atom. The van der Waals surface area contributed by atoms with Crippen LogP contribution in [0, 0.1) is 0 Å². The predicted molar refractivity (Wildman–Crippen MR) is 111 cm³/mol. The molecule has 3 aromatic rings. The molecule has 0 aliphatic carbocycles. The SMILES string of the molecule is COc1ccc(-c2csc(SC3C(=O)N(c4ccccc4)N=C3C)n2)cc1. The molecule has 4 rings (SSSR count). The first-order valence-corrected chi connectivity index (χ1v) is 10.1. The number of hydrazone groups is 1. The van der Waals surface area contributed by atoms with E-state index < -0.39 is 0 Å². The quantitative estimate of drug-likeness (QED) is 0.628. The number of benzene rings is 2. The maximum atomic E-state index is 12.8. The normalized spacial score (nSPS) is 16.5. The summed E-state index contributed by atoms with van der Waals surface area (Å²) in [6.07, 6.45) is 0. The van der Waals surface area contributed by atoms with Crippen LogP contribution in [0.5, 0.6) is 5.75 Å². The number of anilines is 1. The highest BCUT2D eigenvalue weighted by Gasteiger charge is 2.35. The van der Waals surface area contributed by atoms with E-state index in [1.165, 1.54) is 28.1 Å². The largest absolute Gasteiger partial charge is 0.497 e. The number of para-hydroxylation sites is 1. The van der Waals surface area contributed by atoms with Crippen LogP contribution in [0.4, 0.5) is 5.69 Å². The molecule has 0 N–H and O–H groups in total. The number of carbonyl (C=O) groups is 1. The minimum absolute atomic E-state index is 0.0371. The van der Waals surface area contributed by atoms with Crippen molar-refractivity contribution in [2.45, 2.75) is 16.5 Å². The summed E-state index contributed by atoms with van der Waals surface area (Å²) in [6, 6.07) is 17.3. The lowest BCUT2D eigenvalue weighted by atomic mass is 10.2. The van der Waals surface area contributed by atoms with Gasteiger partial charge in [0.05, 0.1) is 24.2 Å². The van der Waals surface area contributed by atoms with Gasteiger partial charge in [-0.25, -0.2) is 4.98 Å². The van der Waals surface area contributed by atoms with Gasteiger partial charge in [0.15, 0.2) is 4.34 Å². The Kier molecular flexibility index (Phi) is 4.96. The number of methoxy groups -OCH3 is 1. The molecule has 1 aliphatic heterocycles. The van der Waals surface area contributed by atoms with Gasteiger partial charge in [-0.05, 0) is 43.3 Å². The van der Waals surface area contributed by atoms with Crippen LogP contribution in [0.25, 0.3) is 11.3 Å². The third kappa shape index (κ3) is 3.61. The van der Waals surface area contributed by atoms with Crippen molar-refractivity contribution < 1.29 is 9.53 Å². The molecular weight excluding hydrogens is 378 g/mol. The Morgan fingerprint density at radius 3 is 2.56 bits per heavy atom. The maximum Gasteiger partial charge on any atom is 0.266 e. The molecule has 1 aromatic heterocycles. The number of aromatic nitrogens is 1. The van der Waals surface area contributed by atoms with Crippen LogP contribution >= 0.6 is 23.1 Å². The number of nitrogens with zero attached hydrogens (tertiary/aromatic N) is 3. The van der Waals surface area contributed by atoms with E-state index in [1.807, 2.05) is 66.9 Å². The van der Waals surface area contributed by atoms with Crippen molar-refractivity contribution in [3.05, 3.63) is 60.0 Å². The number of hydrogen-bond acceptors (Lipinski definition) is 6. The zero-order valence-electron chi connectivity index (χ0n) is 14.8. The van der Waals surface area contributed by atoms with E-state index in [1.54, 1.807) is 7.11 Å². The number of ether oxygens (including phenoxy) is 1. The lowest BCUT2D eigenvalue weighted by Crippen LogP contribution is -2.28. The first-order chi connectivity index (χ1) is 13.2. The summed E-state index contributed by atoms with van der Waals surface area (Å²) >= 11 is 2.99. The van der Waals surface area contributed by atoms with Gasteiger partial charge in [-0.3, -0.25) is 4.79 Å². The van der Waals surface area contributed by atoms with Crippen LogP contribution in [-0.2, 0) is 4.79 Å². The van der Waals surface area contributed by atoms with Crippen LogP contribution in [-0.4, -0.2) is 29.0 Å². The zero-order valence-corrected chi connectivity index (χ0v) is 16.5. The van der Waals surface area contributed by atoms with Crippen LogP contribution in [0.3, 0.4) is 0 Å². The van der Waals surface area contributed by atoms with Gasteiger partial charge in [0.1, 0.15) is 11.0 Å².